The fraction of sp³-hybridized carbons (Fsp3) is 0.261. The number of anilines is 2. The SMILES string of the molecule is Cc1cc(C(=O)Nc2ccc3c(c2)N(C)C(=O)C(C)O3)c2ccc(C)c(C)c2n1. The van der Waals surface area contributed by atoms with Gasteiger partial charge >= 0.3 is 0 Å². The van der Waals surface area contributed by atoms with Gasteiger partial charge in [-0.05, 0) is 63.1 Å². The Morgan fingerprint density at radius 1 is 1.14 bits per heavy atom. The van der Waals surface area contributed by atoms with Crippen LogP contribution in [0.5, 0.6) is 5.75 Å². The van der Waals surface area contributed by atoms with Crippen molar-refractivity contribution < 1.29 is 14.3 Å². The number of ether oxygens (including phenoxy) is 1. The van der Waals surface area contributed by atoms with Gasteiger partial charge in [0.05, 0.1) is 16.8 Å². The second kappa shape index (κ2) is 6.88. The second-order valence-corrected chi connectivity index (χ2v) is 7.51. The van der Waals surface area contributed by atoms with Crippen LogP contribution < -0.4 is 15.0 Å². The average molecular weight is 389 g/mol. The predicted octanol–water partition coefficient (Wildman–Crippen LogP) is 4.16. The highest BCUT2D eigenvalue weighted by molar-refractivity contribution is 6.13. The molecule has 2 heterocycles. The molecule has 6 heteroatoms. The van der Waals surface area contributed by atoms with Crippen molar-refractivity contribution in [1.82, 2.24) is 4.98 Å². The molecule has 148 valence electrons. The first-order chi connectivity index (χ1) is 13.8. The third-order valence-corrected chi connectivity index (χ3v) is 5.44. The summed E-state index contributed by atoms with van der Waals surface area (Å²) in [5.74, 6) is 0.277. The van der Waals surface area contributed by atoms with E-state index in [1.54, 1.807) is 43.1 Å². The van der Waals surface area contributed by atoms with Gasteiger partial charge in [-0.25, -0.2) is 0 Å². The number of fused-ring (bicyclic) bond motifs is 2. The van der Waals surface area contributed by atoms with Crippen molar-refractivity contribution in [3.63, 3.8) is 0 Å². The fourth-order valence-corrected chi connectivity index (χ4v) is 3.63. The van der Waals surface area contributed by atoms with Gasteiger partial charge in [-0.3, -0.25) is 14.6 Å². The third kappa shape index (κ3) is 3.20. The Balaban J connectivity index is 1.71. The number of amides is 2. The van der Waals surface area contributed by atoms with E-state index in [4.69, 9.17) is 4.74 Å². The van der Waals surface area contributed by atoms with E-state index in [1.807, 2.05) is 32.9 Å². The number of carbonyl (C=O) groups is 2. The maximum absolute atomic E-state index is 13.1. The van der Waals surface area contributed by atoms with Crippen LogP contribution in [0.3, 0.4) is 0 Å². The van der Waals surface area contributed by atoms with E-state index in [1.165, 1.54) is 0 Å². The molecular weight excluding hydrogens is 366 g/mol. The topological polar surface area (TPSA) is 71.5 Å². The van der Waals surface area contributed by atoms with Crippen molar-refractivity contribution in [2.75, 3.05) is 17.3 Å². The smallest absolute Gasteiger partial charge is 0.267 e. The molecule has 0 spiro atoms. The first-order valence-electron chi connectivity index (χ1n) is 9.53. The average Bonchev–Trinajstić information content (AvgIpc) is 2.69. The van der Waals surface area contributed by atoms with Crippen LogP contribution in [0, 0.1) is 20.8 Å². The van der Waals surface area contributed by atoms with Crippen molar-refractivity contribution in [3.05, 3.63) is 58.8 Å². The number of likely N-dealkylation sites (N-methyl/N-ethyl adjacent to an activating group) is 1. The van der Waals surface area contributed by atoms with Crippen molar-refractivity contribution >= 4 is 34.1 Å². The highest BCUT2D eigenvalue weighted by Gasteiger charge is 2.29. The minimum atomic E-state index is -0.522. The molecule has 1 aliphatic rings. The Bertz CT molecular complexity index is 1170. The first kappa shape index (κ1) is 18.9. The lowest BCUT2D eigenvalue weighted by Crippen LogP contribution is -2.41. The number of aryl methyl sites for hydroxylation is 3. The molecule has 1 aromatic heterocycles. The van der Waals surface area contributed by atoms with Crippen molar-refractivity contribution in [2.24, 2.45) is 0 Å². The summed E-state index contributed by atoms with van der Waals surface area (Å²) in [5.41, 5.74) is 5.63. The lowest BCUT2D eigenvalue weighted by atomic mass is 10.0. The van der Waals surface area contributed by atoms with Gasteiger partial charge < -0.3 is 15.0 Å². The van der Waals surface area contributed by atoms with Crippen LogP contribution in [0.1, 0.15) is 34.1 Å². The van der Waals surface area contributed by atoms with Gasteiger partial charge in [0.2, 0.25) is 0 Å². The molecule has 1 atom stereocenters. The van der Waals surface area contributed by atoms with Crippen LogP contribution in [0.4, 0.5) is 11.4 Å². The summed E-state index contributed by atoms with van der Waals surface area (Å²) in [7, 11) is 1.70. The molecule has 1 unspecified atom stereocenters. The zero-order valence-corrected chi connectivity index (χ0v) is 17.2. The van der Waals surface area contributed by atoms with Gasteiger partial charge in [0, 0.05) is 23.8 Å². The Morgan fingerprint density at radius 2 is 1.90 bits per heavy atom. The Kier molecular flexibility index (Phi) is 4.49. The van der Waals surface area contributed by atoms with Gasteiger partial charge in [0.1, 0.15) is 5.75 Å². The number of benzene rings is 2. The molecule has 0 bridgehead atoms. The van der Waals surface area contributed by atoms with Crippen LogP contribution in [0.2, 0.25) is 0 Å². The number of hydrogen-bond donors (Lipinski definition) is 1. The molecule has 0 aliphatic carbocycles. The van der Waals surface area contributed by atoms with E-state index in [9.17, 15) is 9.59 Å². The van der Waals surface area contributed by atoms with Gasteiger partial charge in [-0.1, -0.05) is 12.1 Å². The van der Waals surface area contributed by atoms with Crippen LogP contribution in [0.15, 0.2) is 36.4 Å². The molecule has 2 amide bonds. The van der Waals surface area contributed by atoms with E-state index >= 15 is 0 Å². The van der Waals surface area contributed by atoms with Gasteiger partial charge in [-0.2, -0.15) is 0 Å². The van der Waals surface area contributed by atoms with E-state index in [2.05, 4.69) is 10.3 Å². The molecule has 3 aromatic rings. The predicted molar refractivity (Wildman–Crippen MR) is 114 cm³/mol. The number of pyridine rings is 1. The molecule has 0 fully saturated rings. The molecule has 0 saturated carbocycles. The zero-order chi connectivity index (χ0) is 20.9. The summed E-state index contributed by atoms with van der Waals surface area (Å²) in [6, 6.07) is 11.0. The quantitative estimate of drug-likeness (QED) is 0.715. The van der Waals surface area contributed by atoms with Crippen molar-refractivity contribution in [3.8, 4) is 5.75 Å². The number of hydrogen-bond acceptors (Lipinski definition) is 4. The summed E-state index contributed by atoms with van der Waals surface area (Å²) in [6.07, 6.45) is -0.522. The molecule has 1 N–H and O–H groups in total. The molecule has 1 aliphatic heterocycles. The highest BCUT2D eigenvalue weighted by atomic mass is 16.5. The summed E-state index contributed by atoms with van der Waals surface area (Å²) in [6.45, 7) is 7.66. The monoisotopic (exact) mass is 389 g/mol. The van der Waals surface area contributed by atoms with Crippen LogP contribution >= 0.6 is 0 Å². The van der Waals surface area contributed by atoms with Crippen LogP contribution in [-0.2, 0) is 4.79 Å². The Morgan fingerprint density at radius 3 is 2.66 bits per heavy atom. The molecule has 2 aromatic carbocycles. The van der Waals surface area contributed by atoms with Gasteiger partial charge in [-0.15, -0.1) is 0 Å². The Hall–Kier alpha value is -3.41. The summed E-state index contributed by atoms with van der Waals surface area (Å²) in [4.78, 5) is 31.5. The van der Waals surface area contributed by atoms with Gasteiger partial charge in [0.25, 0.3) is 11.8 Å². The van der Waals surface area contributed by atoms with Crippen molar-refractivity contribution in [1.29, 1.82) is 0 Å². The fourth-order valence-electron chi connectivity index (χ4n) is 3.63. The molecule has 0 saturated heterocycles. The number of nitrogens with one attached hydrogen (secondary N) is 1. The minimum Gasteiger partial charge on any atom is -0.479 e. The van der Waals surface area contributed by atoms with Crippen LogP contribution in [0.25, 0.3) is 10.9 Å². The summed E-state index contributed by atoms with van der Waals surface area (Å²) in [5, 5.41) is 3.77. The third-order valence-electron chi connectivity index (χ3n) is 5.44. The lowest BCUT2D eigenvalue weighted by molar-refractivity contribution is -0.125. The summed E-state index contributed by atoms with van der Waals surface area (Å²) >= 11 is 0. The standard InChI is InChI=1S/C23H23N3O3/c1-12-6-8-17-18(10-13(2)24-21(17)14(12)3)22(27)25-16-7-9-20-19(11-16)26(5)23(28)15(4)29-20/h6-11,15H,1-5H3,(H,25,27). The minimum absolute atomic E-state index is 0.123. The number of nitrogens with zero attached hydrogens (tertiary/aromatic N) is 2. The molecule has 4 rings (SSSR count). The van der Waals surface area contributed by atoms with E-state index < -0.39 is 6.10 Å². The maximum atomic E-state index is 13.1. The largest absolute Gasteiger partial charge is 0.479 e. The zero-order valence-electron chi connectivity index (χ0n) is 17.2. The number of carbonyl (C=O) groups excluding carboxylic acids is 2. The first-order valence-corrected chi connectivity index (χ1v) is 9.53. The maximum Gasteiger partial charge on any atom is 0.267 e. The Labute approximate surface area is 169 Å². The van der Waals surface area contributed by atoms with Crippen LogP contribution in [-0.4, -0.2) is 29.9 Å². The lowest BCUT2D eigenvalue weighted by Gasteiger charge is -2.30. The van der Waals surface area contributed by atoms with Crippen molar-refractivity contribution in [2.45, 2.75) is 33.8 Å². The molecular formula is C23H23N3O3. The number of aromatic nitrogens is 1. The molecule has 29 heavy (non-hydrogen) atoms. The summed E-state index contributed by atoms with van der Waals surface area (Å²) < 4.78 is 5.64. The second-order valence-electron chi connectivity index (χ2n) is 7.51. The number of rotatable bonds is 2. The van der Waals surface area contributed by atoms with E-state index in [0.717, 1.165) is 27.7 Å². The van der Waals surface area contributed by atoms with Gasteiger partial charge in [0.15, 0.2) is 6.10 Å². The van der Waals surface area contributed by atoms with E-state index in [0.29, 0.717) is 22.7 Å². The highest BCUT2D eigenvalue weighted by Crippen LogP contribution is 2.35. The molecule has 0 radical (unpaired) electrons. The molecule has 6 nitrogen and oxygen atoms in total. The van der Waals surface area contributed by atoms with E-state index in [-0.39, 0.29) is 11.8 Å². The normalized spacial score (nSPS) is 15.8.